The summed E-state index contributed by atoms with van der Waals surface area (Å²) in [6, 6.07) is 3.65. The molecule has 3 N–H and O–H groups in total. The number of fused-ring (bicyclic) bond motifs is 1. The monoisotopic (exact) mass is 396 g/mol. The highest BCUT2D eigenvalue weighted by molar-refractivity contribution is 7.09. The Morgan fingerprint density at radius 2 is 2.11 bits per heavy atom. The van der Waals surface area contributed by atoms with Crippen molar-refractivity contribution in [2.24, 2.45) is 0 Å². The van der Waals surface area contributed by atoms with E-state index in [1.54, 1.807) is 30.9 Å². The largest absolute Gasteiger partial charge is 0.371 e. The third-order valence-electron chi connectivity index (χ3n) is 3.81. The molecule has 9 heteroatoms. The zero-order valence-corrected chi connectivity index (χ0v) is 15.7. The number of pyridine rings is 1. The normalized spacial score (nSPS) is 13.1. The molecule has 134 valence electrons. The van der Waals surface area contributed by atoms with Crippen molar-refractivity contribution in [1.82, 2.24) is 24.3 Å². The van der Waals surface area contributed by atoms with Crippen LogP contribution in [0, 0.1) is 11.8 Å². The highest BCUT2D eigenvalue weighted by Crippen LogP contribution is 2.27. The van der Waals surface area contributed by atoms with E-state index in [1.165, 1.54) is 17.5 Å². The smallest absolute Gasteiger partial charge is 0.220 e. The van der Waals surface area contributed by atoms with Gasteiger partial charge in [-0.25, -0.2) is 19.9 Å². The summed E-state index contributed by atoms with van der Waals surface area (Å²) in [7, 11) is 0. The molecule has 4 aromatic rings. The third-order valence-corrected chi connectivity index (χ3v) is 5.07. The van der Waals surface area contributed by atoms with Crippen LogP contribution in [-0.4, -0.2) is 29.4 Å². The average molecular weight is 397 g/mol. The van der Waals surface area contributed by atoms with E-state index in [2.05, 4.69) is 31.8 Å². The molecule has 0 spiro atoms. The van der Waals surface area contributed by atoms with E-state index in [4.69, 9.17) is 17.3 Å². The van der Waals surface area contributed by atoms with Crippen LogP contribution in [-0.2, 0) is 5.60 Å². The van der Waals surface area contributed by atoms with Crippen LogP contribution in [0.2, 0.25) is 5.02 Å². The summed E-state index contributed by atoms with van der Waals surface area (Å²) < 4.78 is 1.82. The van der Waals surface area contributed by atoms with E-state index in [1.807, 2.05) is 16.5 Å². The zero-order chi connectivity index (χ0) is 19.0. The van der Waals surface area contributed by atoms with Gasteiger partial charge in [0.2, 0.25) is 5.95 Å². The molecule has 0 aliphatic carbocycles. The average Bonchev–Trinajstić information content (AvgIpc) is 3.32. The SMILES string of the molecule is CC(O)(C#Cc1ccc2ncc(-c3nc(N)ncc3Cl)n2c1)c1nccs1. The number of anilines is 1. The van der Waals surface area contributed by atoms with E-state index >= 15 is 0 Å². The maximum absolute atomic E-state index is 10.5. The van der Waals surface area contributed by atoms with Crippen LogP contribution in [0.25, 0.3) is 17.0 Å². The second-order valence-electron chi connectivity index (χ2n) is 5.87. The van der Waals surface area contributed by atoms with E-state index in [-0.39, 0.29) is 5.95 Å². The molecule has 1 atom stereocenters. The molecule has 0 aliphatic rings. The van der Waals surface area contributed by atoms with E-state index < -0.39 is 5.60 Å². The van der Waals surface area contributed by atoms with Crippen LogP contribution in [0.3, 0.4) is 0 Å². The van der Waals surface area contributed by atoms with Gasteiger partial charge in [-0.15, -0.1) is 11.3 Å². The summed E-state index contributed by atoms with van der Waals surface area (Å²) in [5.41, 5.74) is 6.90. The Morgan fingerprint density at radius 1 is 1.26 bits per heavy atom. The topological polar surface area (TPSA) is 102 Å². The van der Waals surface area contributed by atoms with E-state index in [0.29, 0.717) is 32.6 Å². The molecule has 4 aromatic heterocycles. The molecule has 0 fully saturated rings. The molecule has 7 nitrogen and oxygen atoms in total. The molecule has 0 aromatic carbocycles. The lowest BCUT2D eigenvalue weighted by atomic mass is 10.1. The lowest BCUT2D eigenvalue weighted by Gasteiger charge is -2.11. The van der Waals surface area contributed by atoms with E-state index in [0.717, 1.165) is 0 Å². The molecule has 4 heterocycles. The van der Waals surface area contributed by atoms with Crippen molar-refractivity contribution in [3.63, 3.8) is 0 Å². The number of aliphatic hydroxyl groups is 1. The van der Waals surface area contributed by atoms with Gasteiger partial charge in [0.1, 0.15) is 16.3 Å². The van der Waals surface area contributed by atoms with Gasteiger partial charge in [0.05, 0.1) is 23.1 Å². The van der Waals surface area contributed by atoms with Crippen molar-refractivity contribution in [2.75, 3.05) is 5.73 Å². The fourth-order valence-corrected chi connectivity index (χ4v) is 3.34. The zero-order valence-electron chi connectivity index (χ0n) is 14.1. The number of nitrogen functional groups attached to an aromatic ring is 1. The van der Waals surface area contributed by atoms with Crippen molar-refractivity contribution in [2.45, 2.75) is 12.5 Å². The van der Waals surface area contributed by atoms with Gasteiger partial charge in [0.15, 0.2) is 5.60 Å². The summed E-state index contributed by atoms with van der Waals surface area (Å²) in [6.07, 6.45) is 6.55. The number of aromatic nitrogens is 5. The van der Waals surface area contributed by atoms with Gasteiger partial charge >= 0.3 is 0 Å². The summed E-state index contributed by atoms with van der Waals surface area (Å²) in [5.74, 6) is 5.97. The fraction of sp³-hybridized carbons (Fsp3) is 0.111. The Labute approximate surface area is 163 Å². The van der Waals surface area contributed by atoms with Gasteiger partial charge in [-0.05, 0) is 19.1 Å². The second-order valence-corrected chi connectivity index (χ2v) is 7.18. The minimum atomic E-state index is -1.33. The van der Waals surface area contributed by atoms with Crippen molar-refractivity contribution >= 4 is 34.5 Å². The second kappa shape index (κ2) is 6.63. The first kappa shape index (κ1) is 17.4. The Morgan fingerprint density at radius 3 is 2.89 bits per heavy atom. The predicted octanol–water partition coefficient (Wildman–Crippen LogP) is 2.74. The summed E-state index contributed by atoms with van der Waals surface area (Å²) in [6.45, 7) is 1.61. The molecule has 1 unspecified atom stereocenters. The first-order valence-electron chi connectivity index (χ1n) is 7.85. The first-order valence-corrected chi connectivity index (χ1v) is 9.11. The minimum absolute atomic E-state index is 0.125. The summed E-state index contributed by atoms with van der Waals surface area (Å²) in [4.78, 5) is 16.6. The van der Waals surface area contributed by atoms with Gasteiger partial charge in [-0.2, -0.15) is 0 Å². The van der Waals surface area contributed by atoms with Gasteiger partial charge in [-0.1, -0.05) is 23.4 Å². The number of nitrogens with two attached hydrogens (primary N) is 1. The number of halogens is 1. The standard InChI is InChI=1S/C18H13ClN6OS/c1-18(26,16-21-6-7-27-16)5-4-11-2-3-14-22-9-13(25(14)10-11)15-12(19)8-23-17(20)24-15/h2-3,6-10,26H,1H3,(H2,20,23,24). The molecule has 0 bridgehead atoms. The lowest BCUT2D eigenvalue weighted by Crippen LogP contribution is -2.17. The maximum Gasteiger partial charge on any atom is 0.220 e. The molecular formula is C18H13ClN6OS. The van der Waals surface area contributed by atoms with Crippen molar-refractivity contribution in [3.05, 3.63) is 57.9 Å². The molecule has 0 radical (unpaired) electrons. The number of hydrogen-bond acceptors (Lipinski definition) is 7. The number of rotatable bonds is 2. The maximum atomic E-state index is 10.5. The third kappa shape index (κ3) is 3.36. The quantitative estimate of drug-likeness (QED) is 0.505. The van der Waals surface area contributed by atoms with Crippen LogP contribution in [0.15, 0.2) is 42.3 Å². The fourth-order valence-electron chi connectivity index (χ4n) is 2.50. The predicted molar refractivity (Wildman–Crippen MR) is 104 cm³/mol. The number of imidazole rings is 1. The molecule has 0 saturated heterocycles. The first-order chi connectivity index (χ1) is 12.9. The van der Waals surface area contributed by atoms with Gasteiger partial charge in [0.25, 0.3) is 0 Å². The number of nitrogens with zero attached hydrogens (tertiary/aromatic N) is 5. The van der Waals surface area contributed by atoms with Gasteiger partial charge in [0, 0.05) is 23.3 Å². The van der Waals surface area contributed by atoms with Crippen molar-refractivity contribution in [1.29, 1.82) is 0 Å². The van der Waals surface area contributed by atoms with Crippen LogP contribution < -0.4 is 5.73 Å². The van der Waals surface area contributed by atoms with Crippen LogP contribution >= 0.6 is 22.9 Å². The number of thiazole rings is 1. The molecule has 4 rings (SSSR count). The Hall–Kier alpha value is -2.99. The molecule has 0 saturated carbocycles. The molecule has 0 aliphatic heterocycles. The Balaban J connectivity index is 1.78. The summed E-state index contributed by atoms with van der Waals surface area (Å²) >= 11 is 7.57. The van der Waals surface area contributed by atoms with Gasteiger partial charge < -0.3 is 10.8 Å². The van der Waals surface area contributed by atoms with Crippen LogP contribution in [0.1, 0.15) is 17.5 Å². The molecule has 27 heavy (non-hydrogen) atoms. The Bertz CT molecular complexity index is 1190. The van der Waals surface area contributed by atoms with Crippen molar-refractivity contribution in [3.8, 4) is 23.2 Å². The van der Waals surface area contributed by atoms with E-state index in [9.17, 15) is 5.11 Å². The van der Waals surface area contributed by atoms with Crippen molar-refractivity contribution < 1.29 is 5.11 Å². The Kier molecular flexibility index (Phi) is 4.28. The number of hydrogen-bond donors (Lipinski definition) is 2. The highest BCUT2D eigenvalue weighted by Gasteiger charge is 2.22. The highest BCUT2D eigenvalue weighted by atomic mass is 35.5. The molecular weight excluding hydrogens is 384 g/mol. The minimum Gasteiger partial charge on any atom is -0.371 e. The van der Waals surface area contributed by atoms with Crippen LogP contribution in [0.5, 0.6) is 0 Å². The molecule has 0 amide bonds. The summed E-state index contributed by atoms with van der Waals surface area (Å²) in [5, 5.41) is 13.2. The van der Waals surface area contributed by atoms with Crippen LogP contribution in [0.4, 0.5) is 5.95 Å². The lowest BCUT2D eigenvalue weighted by molar-refractivity contribution is 0.122. The van der Waals surface area contributed by atoms with Gasteiger partial charge in [-0.3, -0.25) is 4.40 Å².